The van der Waals surface area contributed by atoms with Crippen LogP contribution < -0.4 is 4.90 Å². The maximum atomic E-state index is 2.46. The summed E-state index contributed by atoms with van der Waals surface area (Å²) in [6, 6.07) is 79.1. The Morgan fingerprint density at radius 1 is 0.333 bits per heavy atom. The summed E-state index contributed by atoms with van der Waals surface area (Å²) < 4.78 is 2.66. The molecular formula is C58H41NS. The van der Waals surface area contributed by atoms with Crippen LogP contribution in [-0.4, -0.2) is 0 Å². The molecule has 2 heteroatoms. The highest BCUT2D eigenvalue weighted by Gasteiger charge is 2.42. The van der Waals surface area contributed by atoms with E-state index in [1.165, 1.54) is 86.9 Å². The molecule has 0 fully saturated rings. The third-order valence-electron chi connectivity index (χ3n) is 13.6. The molecular weight excluding hydrogens is 743 g/mol. The molecule has 0 N–H and O–H groups in total. The highest BCUT2D eigenvalue weighted by atomic mass is 32.1. The molecule has 0 spiro atoms. The molecule has 0 saturated carbocycles. The van der Waals surface area contributed by atoms with E-state index < -0.39 is 0 Å². The van der Waals surface area contributed by atoms with Gasteiger partial charge in [-0.05, 0) is 135 Å². The Bertz CT molecular complexity index is 3140. The number of thiophene rings is 1. The third-order valence-corrected chi connectivity index (χ3v) is 14.8. The topological polar surface area (TPSA) is 3.24 Å². The lowest BCUT2D eigenvalue weighted by atomic mass is 9.74. The highest BCUT2D eigenvalue weighted by Crippen LogP contribution is 2.56. The van der Waals surface area contributed by atoms with Gasteiger partial charge in [0.25, 0.3) is 0 Å². The van der Waals surface area contributed by atoms with Crippen LogP contribution >= 0.6 is 11.3 Å². The van der Waals surface area contributed by atoms with E-state index in [0.29, 0.717) is 0 Å². The zero-order chi connectivity index (χ0) is 40.0. The summed E-state index contributed by atoms with van der Waals surface area (Å²) >= 11 is 1.87. The van der Waals surface area contributed by atoms with Gasteiger partial charge in [-0.2, -0.15) is 0 Å². The van der Waals surface area contributed by atoms with Crippen molar-refractivity contribution in [1.82, 2.24) is 0 Å². The number of hydrogen-bond donors (Lipinski definition) is 0. The van der Waals surface area contributed by atoms with E-state index in [-0.39, 0.29) is 10.8 Å². The summed E-state index contributed by atoms with van der Waals surface area (Å²) in [6.45, 7) is 4.78. The fraction of sp³-hybridized carbons (Fsp3) is 0.0690. The minimum atomic E-state index is -0.258. The SMILES string of the molecule is CC1(c2ccccc2)c2ccccc2-c2cc(N(c3ccc(-c4ccc5sc6ccccc6c5c4)cc3)c3ccc4c(c3)-c3ccccc3C4(C)c3ccccc3)ccc21. The maximum absolute atomic E-state index is 2.46. The second-order valence-electron chi connectivity index (χ2n) is 16.7. The van der Waals surface area contributed by atoms with E-state index >= 15 is 0 Å². The summed E-state index contributed by atoms with van der Waals surface area (Å²) in [5, 5.41) is 2.64. The van der Waals surface area contributed by atoms with Gasteiger partial charge < -0.3 is 4.90 Å². The van der Waals surface area contributed by atoms with Crippen molar-refractivity contribution >= 4 is 48.6 Å². The molecule has 2 aliphatic carbocycles. The van der Waals surface area contributed by atoms with E-state index in [9.17, 15) is 0 Å². The molecule has 12 rings (SSSR count). The van der Waals surface area contributed by atoms with Gasteiger partial charge in [0.05, 0.1) is 0 Å². The van der Waals surface area contributed by atoms with Crippen LogP contribution in [0.2, 0.25) is 0 Å². The lowest BCUT2D eigenvalue weighted by Gasteiger charge is -2.30. The highest BCUT2D eigenvalue weighted by molar-refractivity contribution is 7.25. The standard InChI is InChI=1S/C58H41NS/c1-57(40-15-5-3-6-16-40)51-22-12-9-19-45(51)48-36-43(30-32-53(48)57)59(42-28-25-38(26-29-42)39-27-34-56-50(35-39)47-21-11-14-24-55(47)60-56)44-31-33-54-49(37-44)46-20-10-13-23-52(46)58(54,2)41-17-7-4-8-18-41/h3-37H,1-2H3. The van der Waals surface area contributed by atoms with Crippen LogP contribution in [0.4, 0.5) is 17.1 Å². The van der Waals surface area contributed by atoms with E-state index in [2.05, 4.69) is 231 Å². The Labute approximate surface area is 355 Å². The van der Waals surface area contributed by atoms with Gasteiger partial charge in [0.2, 0.25) is 0 Å². The Kier molecular flexibility index (Phi) is 7.73. The van der Waals surface area contributed by atoms with Crippen LogP contribution in [0, 0.1) is 0 Å². The predicted molar refractivity (Wildman–Crippen MR) is 254 cm³/mol. The van der Waals surface area contributed by atoms with Crippen molar-refractivity contribution in [3.8, 4) is 33.4 Å². The number of anilines is 3. The van der Waals surface area contributed by atoms with Crippen LogP contribution in [0.25, 0.3) is 53.6 Å². The summed E-state index contributed by atoms with van der Waals surface area (Å²) in [5.74, 6) is 0. The van der Waals surface area contributed by atoms with Crippen LogP contribution in [0.5, 0.6) is 0 Å². The number of hydrogen-bond acceptors (Lipinski definition) is 2. The summed E-state index contributed by atoms with van der Waals surface area (Å²) in [7, 11) is 0. The number of benzene rings is 9. The average Bonchev–Trinajstić information content (AvgIpc) is 3.91. The molecule has 284 valence electrons. The van der Waals surface area contributed by atoms with Crippen molar-refractivity contribution < 1.29 is 0 Å². The smallest absolute Gasteiger partial charge is 0.0468 e. The normalized spacial score (nSPS) is 17.3. The first-order chi connectivity index (χ1) is 29.5. The molecule has 1 aromatic heterocycles. The van der Waals surface area contributed by atoms with Crippen molar-refractivity contribution in [3.05, 3.63) is 246 Å². The lowest BCUT2D eigenvalue weighted by molar-refractivity contribution is 0.714. The van der Waals surface area contributed by atoms with Gasteiger partial charge in [-0.3, -0.25) is 0 Å². The largest absolute Gasteiger partial charge is 0.310 e. The number of fused-ring (bicyclic) bond motifs is 9. The maximum Gasteiger partial charge on any atom is 0.0468 e. The first-order valence-corrected chi connectivity index (χ1v) is 21.7. The zero-order valence-corrected chi connectivity index (χ0v) is 34.4. The van der Waals surface area contributed by atoms with E-state index in [1.807, 2.05) is 11.3 Å². The minimum absolute atomic E-state index is 0.258. The van der Waals surface area contributed by atoms with Gasteiger partial charge in [-0.1, -0.05) is 158 Å². The van der Waals surface area contributed by atoms with E-state index in [0.717, 1.165) is 17.1 Å². The van der Waals surface area contributed by atoms with Crippen LogP contribution in [0.1, 0.15) is 47.2 Å². The lowest BCUT2D eigenvalue weighted by Crippen LogP contribution is -2.22. The fourth-order valence-corrected chi connectivity index (χ4v) is 11.7. The molecule has 2 unspecified atom stereocenters. The Hall–Kier alpha value is -7.00. The molecule has 9 aromatic carbocycles. The molecule has 2 aliphatic rings. The van der Waals surface area contributed by atoms with Gasteiger partial charge in [-0.15, -0.1) is 11.3 Å². The molecule has 2 atom stereocenters. The van der Waals surface area contributed by atoms with Crippen molar-refractivity contribution in [2.45, 2.75) is 24.7 Å². The van der Waals surface area contributed by atoms with Crippen molar-refractivity contribution in [1.29, 1.82) is 0 Å². The summed E-state index contributed by atoms with van der Waals surface area (Å²) in [4.78, 5) is 2.46. The third kappa shape index (κ3) is 5.04. The molecule has 0 saturated heterocycles. The zero-order valence-electron chi connectivity index (χ0n) is 33.6. The first kappa shape index (κ1) is 35.0. The Morgan fingerprint density at radius 2 is 0.783 bits per heavy atom. The second kappa shape index (κ2) is 13.3. The van der Waals surface area contributed by atoms with Crippen LogP contribution in [-0.2, 0) is 10.8 Å². The molecule has 60 heavy (non-hydrogen) atoms. The van der Waals surface area contributed by atoms with Gasteiger partial charge in [0.1, 0.15) is 0 Å². The van der Waals surface area contributed by atoms with E-state index in [1.54, 1.807) is 0 Å². The van der Waals surface area contributed by atoms with Crippen molar-refractivity contribution in [2.24, 2.45) is 0 Å². The molecule has 0 radical (unpaired) electrons. The molecule has 0 bridgehead atoms. The summed E-state index contributed by atoms with van der Waals surface area (Å²) in [6.07, 6.45) is 0. The van der Waals surface area contributed by atoms with Crippen LogP contribution in [0.15, 0.2) is 212 Å². The van der Waals surface area contributed by atoms with E-state index in [4.69, 9.17) is 0 Å². The average molecular weight is 784 g/mol. The van der Waals surface area contributed by atoms with Crippen molar-refractivity contribution in [3.63, 3.8) is 0 Å². The molecule has 10 aromatic rings. The van der Waals surface area contributed by atoms with Gasteiger partial charge in [0, 0.05) is 48.1 Å². The quantitative estimate of drug-likeness (QED) is 0.162. The number of nitrogens with zero attached hydrogens (tertiary/aromatic N) is 1. The van der Waals surface area contributed by atoms with Gasteiger partial charge >= 0.3 is 0 Å². The monoisotopic (exact) mass is 783 g/mol. The van der Waals surface area contributed by atoms with Gasteiger partial charge in [0.15, 0.2) is 0 Å². The molecule has 0 aliphatic heterocycles. The molecule has 0 amide bonds. The predicted octanol–water partition coefficient (Wildman–Crippen LogP) is 15.9. The van der Waals surface area contributed by atoms with Crippen molar-refractivity contribution in [2.75, 3.05) is 4.90 Å². The minimum Gasteiger partial charge on any atom is -0.310 e. The second-order valence-corrected chi connectivity index (χ2v) is 17.8. The molecule has 1 nitrogen and oxygen atoms in total. The fourth-order valence-electron chi connectivity index (χ4n) is 10.6. The summed E-state index contributed by atoms with van der Waals surface area (Å²) in [5.41, 5.74) is 18.5. The van der Waals surface area contributed by atoms with Gasteiger partial charge in [-0.25, -0.2) is 0 Å². The Morgan fingerprint density at radius 3 is 1.37 bits per heavy atom. The Balaban J connectivity index is 1.03. The number of rotatable bonds is 6. The first-order valence-electron chi connectivity index (χ1n) is 20.9. The molecule has 1 heterocycles. The van der Waals surface area contributed by atoms with Crippen LogP contribution in [0.3, 0.4) is 0 Å².